The molecule has 0 saturated carbocycles. The third kappa shape index (κ3) is 4.47. The second kappa shape index (κ2) is 8.94. The number of aliphatic hydroxyl groups excluding tert-OH is 1. The number of methoxy groups -OCH3 is 1. The Morgan fingerprint density at radius 3 is 2.75 bits per heavy atom. The molecule has 0 fully saturated rings. The lowest BCUT2D eigenvalue weighted by Crippen LogP contribution is -2.33. The Hall–Kier alpha value is -1.11. The molecule has 0 aliphatic heterocycles. The number of rotatable bonds is 10. The fourth-order valence-corrected chi connectivity index (χ4v) is 2.33. The zero-order valence-electron chi connectivity index (χ0n) is 13.1. The number of aryl methyl sites for hydroxylation is 2. The maximum Gasteiger partial charge on any atom is 0.131 e. The third-order valence-corrected chi connectivity index (χ3v) is 3.28. The summed E-state index contributed by atoms with van der Waals surface area (Å²) < 4.78 is 7.05. The first-order valence-corrected chi connectivity index (χ1v) is 7.23. The number of ether oxygens (including phenoxy) is 1. The molecule has 0 aromatic carbocycles. The Labute approximate surface area is 121 Å². The van der Waals surface area contributed by atoms with E-state index in [1.807, 2.05) is 18.7 Å². The van der Waals surface area contributed by atoms with E-state index in [9.17, 15) is 5.11 Å². The van der Waals surface area contributed by atoms with Gasteiger partial charge in [-0.05, 0) is 19.9 Å². The zero-order valence-corrected chi connectivity index (χ0v) is 13.1. The van der Waals surface area contributed by atoms with Gasteiger partial charge in [-0.15, -0.1) is 0 Å². The number of hydrogen-bond donors (Lipinski definition) is 2. The fourth-order valence-electron chi connectivity index (χ4n) is 2.33. The molecular weight excluding hydrogens is 256 g/mol. The van der Waals surface area contributed by atoms with Gasteiger partial charge in [-0.25, -0.2) is 0 Å². The van der Waals surface area contributed by atoms with Crippen molar-refractivity contribution in [3.05, 3.63) is 11.3 Å². The van der Waals surface area contributed by atoms with Gasteiger partial charge in [0.25, 0.3) is 0 Å². The van der Waals surface area contributed by atoms with Crippen LogP contribution in [0.4, 0.5) is 5.82 Å². The van der Waals surface area contributed by atoms with Crippen LogP contribution in [0, 0.1) is 6.92 Å². The third-order valence-electron chi connectivity index (χ3n) is 3.28. The summed E-state index contributed by atoms with van der Waals surface area (Å²) in [5, 5.41) is 17.2. The Balaban J connectivity index is 2.92. The van der Waals surface area contributed by atoms with Crippen molar-refractivity contribution < 1.29 is 9.84 Å². The van der Waals surface area contributed by atoms with Crippen LogP contribution in [0.2, 0.25) is 0 Å². The molecule has 1 aromatic heterocycles. The van der Waals surface area contributed by atoms with Crippen LogP contribution in [0.15, 0.2) is 0 Å². The van der Waals surface area contributed by atoms with Crippen molar-refractivity contribution in [1.29, 1.82) is 0 Å². The molecule has 2 N–H and O–H groups in total. The number of aliphatic hydroxyl groups is 1. The van der Waals surface area contributed by atoms with Crippen molar-refractivity contribution in [2.45, 2.75) is 26.8 Å². The van der Waals surface area contributed by atoms with Gasteiger partial charge < -0.3 is 20.1 Å². The molecule has 6 nitrogen and oxygen atoms in total. The average molecular weight is 284 g/mol. The zero-order chi connectivity index (χ0) is 15.0. The molecule has 0 radical (unpaired) electrons. The second-order valence-electron chi connectivity index (χ2n) is 4.89. The van der Waals surface area contributed by atoms with Gasteiger partial charge in [-0.3, -0.25) is 4.68 Å². The molecule has 1 heterocycles. The molecule has 0 atom stereocenters. The van der Waals surface area contributed by atoms with Gasteiger partial charge in [-0.1, -0.05) is 6.92 Å². The Morgan fingerprint density at radius 2 is 2.15 bits per heavy atom. The summed E-state index contributed by atoms with van der Waals surface area (Å²) in [4.78, 5) is 2.13. The molecule has 6 heteroatoms. The quantitative estimate of drug-likeness (QED) is 0.619. The first-order valence-electron chi connectivity index (χ1n) is 7.23. The van der Waals surface area contributed by atoms with Crippen molar-refractivity contribution in [3.8, 4) is 0 Å². The summed E-state index contributed by atoms with van der Waals surface area (Å²) in [6.45, 7) is 8.06. The van der Waals surface area contributed by atoms with Gasteiger partial charge in [0.1, 0.15) is 5.82 Å². The number of aromatic nitrogens is 2. The number of hydrogen-bond acceptors (Lipinski definition) is 5. The van der Waals surface area contributed by atoms with E-state index in [0.29, 0.717) is 13.2 Å². The number of nitrogens with one attached hydrogen (secondary N) is 1. The van der Waals surface area contributed by atoms with E-state index in [1.165, 1.54) is 5.56 Å². The summed E-state index contributed by atoms with van der Waals surface area (Å²) >= 11 is 0. The van der Waals surface area contributed by atoms with Crippen molar-refractivity contribution in [1.82, 2.24) is 15.1 Å². The molecule has 20 heavy (non-hydrogen) atoms. The molecular formula is C14H28N4O2. The lowest BCUT2D eigenvalue weighted by Gasteiger charge is -2.25. The highest BCUT2D eigenvalue weighted by Gasteiger charge is 2.18. The highest BCUT2D eigenvalue weighted by molar-refractivity contribution is 5.50. The molecule has 0 aliphatic rings. The highest BCUT2D eigenvalue weighted by atomic mass is 16.5. The van der Waals surface area contributed by atoms with Gasteiger partial charge in [0.05, 0.1) is 18.9 Å². The SMILES string of the molecule is CCCNCc1c(C)nn(C)c1N(CCO)CCOC. The van der Waals surface area contributed by atoms with Crippen molar-refractivity contribution in [3.63, 3.8) is 0 Å². The van der Waals surface area contributed by atoms with Gasteiger partial charge in [0, 0.05) is 39.4 Å². The minimum atomic E-state index is 0.121. The van der Waals surface area contributed by atoms with E-state index < -0.39 is 0 Å². The summed E-state index contributed by atoms with van der Waals surface area (Å²) in [5.41, 5.74) is 2.23. The summed E-state index contributed by atoms with van der Waals surface area (Å²) in [6.07, 6.45) is 1.11. The monoisotopic (exact) mass is 284 g/mol. The van der Waals surface area contributed by atoms with Gasteiger partial charge >= 0.3 is 0 Å². The van der Waals surface area contributed by atoms with Crippen molar-refractivity contribution in [2.24, 2.45) is 7.05 Å². The van der Waals surface area contributed by atoms with Gasteiger partial charge in [0.15, 0.2) is 0 Å². The van der Waals surface area contributed by atoms with Crippen LogP contribution in [0.1, 0.15) is 24.6 Å². The lowest BCUT2D eigenvalue weighted by atomic mass is 10.2. The maximum atomic E-state index is 9.27. The van der Waals surface area contributed by atoms with Crippen LogP contribution in [-0.2, 0) is 18.3 Å². The standard InChI is InChI=1S/C14H28N4O2/c1-5-6-15-11-13-12(2)16-17(3)14(13)18(7-9-19)8-10-20-4/h15,19H,5-11H2,1-4H3. The maximum absolute atomic E-state index is 9.27. The largest absolute Gasteiger partial charge is 0.395 e. The summed E-state index contributed by atoms with van der Waals surface area (Å²) in [6, 6.07) is 0. The van der Waals surface area contributed by atoms with Crippen molar-refractivity contribution in [2.75, 3.05) is 44.9 Å². The van der Waals surface area contributed by atoms with Crippen LogP contribution < -0.4 is 10.2 Å². The van der Waals surface area contributed by atoms with Crippen molar-refractivity contribution >= 4 is 5.82 Å². The normalized spacial score (nSPS) is 11.1. The van der Waals surface area contributed by atoms with E-state index >= 15 is 0 Å². The topological polar surface area (TPSA) is 62.6 Å². The van der Waals surface area contributed by atoms with Crippen LogP contribution in [-0.4, -0.2) is 54.8 Å². The molecule has 0 spiro atoms. The van der Waals surface area contributed by atoms with E-state index in [4.69, 9.17) is 4.74 Å². The molecule has 1 aromatic rings. The van der Waals surface area contributed by atoms with Crippen LogP contribution in [0.3, 0.4) is 0 Å². The van der Waals surface area contributed by atoms with E-state index in [0.717, 1.165) is 37.6 Å². The molecule has 0 bridgehead atoms. The molecule has 116 valence electrons. The number of anilines is 1. The van der Waals surface area contributed by atoms with Gasteiger partial charge in [0.2, 0.25) is 0 Å². The number of nitrogens with zero attached hydrogens (tertiary/aromatic N) is 3. The minimum absolute atomic E-state index is 0.121. The first-order chi connectivity index (χ1) is 9.65. The minimum Gasteiger partial charge on any atom is -0.395 e. The molecule has 0 unspecified atom stereocenters. The molecule has 0 amide bonds. The van der Waals surface area contributed by atoms with Crippen LogP contribution in [0.25, 0.3) is 0 Å². The van der Waals surface area contributed by atoms with E-state index in [-0.39, 0.29) is 6.61 Å². The predicted molar refractivity (Wildman–Crippen MR) is 81.1 cm³/mol. The van der Waals surface area contributed by atoms with Crippen LogP contribution >= 0.6 is 0 Å². The lowest BCUT2D eigenvalue weighted by molar-refractivity contribution is 0.202. The second-order valence-corrected chi connectivity index (χ2v) is 4.89. The Bertz CT molecular complexity index is 393. The smallest absolute Gasteiger partial charge is 0.131 e. The van der Waals surface area contributed by atoms with Crippen LogP contribution in [0.5, 0.6) is 0 Å². The fraction of sp³-hybridized carbons (Fsp3) is 0.786. The molecule has 0 saturated heterocycles. The Morgan fingerprint density at radius 1 is 1.40 bits per heavy atom. The first kappa shape index (κ1) is 16.9. The van der Waals surface area contributed by atoms with E-state index in [2.05, 4.69) is 22.2 Å². The predicted octanol–water partition coefficient (Wildman–Crippen LogP) is 0.673. The molecule has 0 aliphatic carbocycles. The van der Waals surface area contributed by atoms with Gasteiger partial charge in [-0.2, -0.15) is 5.10 Å². The Kier molecular flexibility index (Phi) is 7.58. The highest BCUT2D eigenvalue weighted by Crippen LogP contribution is 2.23. The summed E-state index contributed by atoms with van der Waals surface area (Å²) in [5.74, 6) is 1.07. The average Bonchev–Trinajstić information content (AvgIpc) is 2.70. The van der Waals surface area contributed by atoms with E-state index in [1.54, 1.807) is 7.11 Å². The molecule has 1 rings (SSSR count). The summed E-state index contributed by atoms with van der Waals surface area (Å²) in [7, 11) is 3.64.